The van der Waals surface area contributed by atoms with Crippen molar-refractivity contribution in [3.63, 3.8) is 0 Å². The average Bonchev–Trinajstić information content (AvgIpc) is 2.47. The number of aliphatic hydroxyl groups excluding tert-OH is 1. The van der Waals surface area contributed by atoms with Gasteiger partial charge in [-0.05, 0) is 13.0 Å². The maximum atomic E-state index is 11.3. The second kappa shape index (κ2) is 4.04. The first-order valence-electron chi connectivity index (χ1n) is 4.05. The first-order valence-corrected chi connectivity index (χ1v) is 4.05. The van der Waals surface area contributed by atoms with Gasteiger partial charge in [-0.2, -0.15) is 5.10 Å². The molecule has 1 heterocycles. The number of nitrogens with one attached hydrogen (secondary N) is 1. The van der Waals surface area contributed by atoms with Gasteiger partial charge in [-0.1, -0.05) is 0 Å². The number of nitrogens with zero attached hydrogens (tertiary/aromatic N) is 2. The van der Waals surface area contributed by atoms with E-state index in [9.17, 15) is 4.79 Å². The van der Waals surface area contributed by atoms with Crippen molar-refractivity contribution in [2.24, 2.45) is 7.05 Å². The standard InChI is InChI=1S/C8H13N3O2/c1-6(12)5-9-8(13)7-3-4-10-11(7)2/h3-4,6,12H,5H2,1-2H3,(H,9,13)/t6-/m0/s1. The molecule has 0 aliphatic carbocycles. The summed E-state index contributed by atoms with van der Waals surface area (Å²) in [6, 6.07) is 1.62. The molecule has 0 aliphatic heterocycles. The molecule has 72 valence electrons. The lowest BCUT2D eigenvalue weighted by molar-refractivity contribution is 0.0914. The number of hydrogen-bond acceptors (Lipinski definition) is 3. The topological polar surface area (TPSA) is 67.2 Å². The molecule has 0 unspecified atom stereocenters. The van der Waals surface area contributed by atoms with Gasteiger partial charge in [0.15, 0.2) is 0 Å². The van der Waals surface area contributed by atoms with Gasteiger partial charge in [-0.3, -0.25) is 9.48 Å². The molecule has 0 fully saturated rings. The van der Waals surface area contributed by atoms with Crippen LogP contribution in [0.4, 0.5) is 0 Å². The van der Waals surface area contributed by atoms with Gasteiger partial charge >= 0.3 is 0 Å². The van der Waals surface area contributed by atoms with E-state index in [-0.39, 0.29) is 12.5 Å². The van der Waals surface area contributed by atoms with Gasteiger partial charge in [-0.25, -0.2) is 0 Å². The van der Waals surface area contributed by atoms with Crippen LogP contribution in [0, 0.1) is 0 Å². The molecule has 0 bridgehead atoms. The molecule has 5 nitrogen and oxygen atoms in total. The van der Waals surface area contributed by atoms with E-state index in [0.29, 0.717) is 5.69 Å². The Morgan fingerprint density at radius 2 is 2.54 bits per heavy atom. The Balaban J connectivity index is 2.54. The molecule has 1 aromatic rings. The summed E-state index contributed by atoms with van der Waals surface area (Å²) >= 11 is 0. The third kappa shape index (κ3) is 2.55. The summed E-state index contributed by atoms with van der Waals surface area (Å²) < 4.78 is 1.48. The number of carbonyl (C=O) groups excluding carboxylic acids is 1. The highest BCUT2D eigenvalue weighted by Crippen LogP contribution is 1.95. The van der Waals surface area contributed by atoms with E-state index in [2.05, 4.69) is 10.4 Å². The Morgan fingerprint density at radius 1 is 1.85 bits per heavy atom. The summed E-state index contributed by atoms with van der Waals surface area (Å²) in [5, 5.41) is 15.4. The lowest BCUT2D eigenvalue weighted by Gasteiger charge is -2.06. The fourth-order valence-corrected chi connectivity index (χ4v) is 0.928. The number of rotatable bonds is 3. The van der Waals surface area contributed by atoms with Crippen LogP contribution in [-0.2, 0) is 7.05 Å². The van der Waals surface area contributed by atoms with Crippen LogP contribution in [0.25, 0.3) is 0 Å². The predicted molar refractivity (Wildman–Crippen MR) is 47.2 cm³/mol. The molecule has 0 saturated heterocycles. The largest absolute Gasteiger partial charge is 0.392 e. The van der Waals surface area contributed by atoms with Crippen LogP contribution >= 0.6 is 0 Å². The molecule has 1 amide bonds. The molecule has 0 radical (unpaired) electrons. The highest BCUT2D eigenvalue weighted by molar-refractivity contribution is 5.92. The minimum Gasteiger partial charge on any atom is -0.392 e. The number of amides is 1. The van der Waals surface area contributed by atoms with Crippen LogP contribution < -0.4 is 5.32 Å². The van der Waals surface area contributed by atoms with Gasteiger partial charge in [0.05, 0.1) is 6.10 Å². The molecule has 13 heavy (non-hydrogen) atoms. The molecule has 0 saturated carbocycles. The Hall–Kier alpha value is -1.36. The third-order valence-corrected chi connectivity index (χ3v) is 1.61. The van der Waals surface area contributed by atoms with Crippen molar-refractivity contribution >= 4 is 5.91 Å². The van der Waals surface area contributed by atoms with Gasteiger partial charge in [0.2, 0.25) is 0 Å². The van der Waals surface area contributed by atoms with E-state index >= 15 is 0 Å². The Bertz CT molecular complexity index is 293. The summed E-state index contributed by atoms with van der Waals surface area (Å²) in [5.74, 6) is -0.221. The predicted octanol–water partition coefficient (Wildman–Crippen LogP) is -0.469. The quantitative estimate of drug-likeness (QED) is 0.665. The molecule has 0 spiro atoms. The van der Waals surface area contributed by atoms with E-state index in [1.165, 1.54) is 4.68 Å². The number of carbonyl (C=O) groups is 1. The molecule has 1 aromatic heterocycles. The van der Waals surface area contributed by atoms with Crippen molar-refractivity contribution in [2.75, 3.05) is 6.54 Å². The maximum absolute atomic E-state index is 11.3. The minimum absolute atomic E-state index is 0.221. The first-order chi connectivity index (χ1) is 6.11. The second-order valence-corrected chi connectivity index (χ2v) is 2.90. The van der Waals surface area contributed by atoms with Crippen LogP contribution in [0.5, 0.6) is 0 Å². The van der Waals surface area contributed by atoms with E-state index in [1.54, 1.807) is 26.2 Å². The summed E-state index contributed by atoms with van der Waals surface area (Å²) in [6.07, 6.45) is 1.02. The summed E-state index contributed by atoms with van der Waals surface area (Å²) in [6.45, 7) is 1.87. The SMILES string of the molecule is C[C@H](O)CNC(=O)c1ccnn1C. The molecule has 1 atom stereocenters. The summed E-state index contributed by atoms with van der Waals surface area (Å²) in [4.78, 5) is 11.3. The van der Waals surface area contributed by atoms with Gasteiger partial charge in [0, 0.05) is 19.8 Å². The van der Waals surface area contributed by atoms with Crippen LogP contribution in [0.15, 0.2) is 12.3 Å². The first kappa shape index (κ1) is 9.73. The van der Waals surface area contributed by atoms with Gasteiger partial charge in [0.25, 0.3) is 5.91 Å². The van der Waals surface area contributed by atoms with E-state index in [1.807, 2.05) is 0 Å². The highest BCUT2D eigenvalue weighted by Gasteiger charge is 2.09. The minimum atomic E-state index is -0.530. The zero-order chi connectivity index (χ0) is 9.84. The number of aliphatic hydroxyl groups is 1. The van der Waals surface area contributed by atoms with Crippen LogP contribution in [0.2, 0.25) is 0 Å². The normalized spacial score (nSPS) is 12.5. The van der Waals surface area contributed by atoms with Crippen molar-refractivity contribution in [2.45, 2.75) is 13.0 Å². The second-order valence-electron chi connectivity index (χ2n) is 2.90. The molecular formula is C8H13N3O2. The fourth-order valence-electron chi connectivity index (χ4n) is 0.928. The van der Waals surface area contributed by atoms with Crippen LogP contribution in [0.3, 0.4) is 0 Å². The Kier molecular flexibility index (Phi) is 3.02. The smallest absolute Gasteiger partial charge is 0.269 e. The van der Waals surface area contributed by atoms with Gasteiger partial charge in [-0.15, -0.1) is 0 Å². The number of hydrogen-bond donors (Lipinski definition) is 2. The molecule has 2 N–H and O–H groups in total. The van der Waals surface area contributed by atoms with E-state index in [4.69, 9.17) is 5.11 Å². The maximum Gasteiger partial charge on any atom is 0.269 e. The van der Waals surface area contributed by atoms with E-state index in [0.717, 1.165) is 0 Å². The van der Waals surface area contributed by atoms with Crippen LogP contribution in [0.1, 0.15) is 17.4 Å². The van der Waals surface area contributed by atoms with Crippen LogP contribution in [-0.4, -0.2) is 33.4 Å². The molecule has 1 rings (SSSR count). The highest BCUT2D eigenvalue weighted by atomic mass is 16.3. The lowest BCUT2D eigenvalue weighted by atomic mass is 10.3. The molecule has 0 aliphatic rings. The average molecular weight is 183 g/mol. The fraction of sp³-hybridized carbons (Fsp3) is 0.500. The van der Waals surface area contributed by atoms with E-state index < -0.39 is 6.10 Å². The lowest BCUT2D eigenvalue weighted by Crippen LogP contribution is -2.31. The molecule has 0 aromatic carbocycles. The summed E-state index contributed by atoms with van der Waals surface area (Å²) in [7, 11) is 1.69. The summed E-state index contributed by atoms with van der Waals surface area (Å²) in [5.41, 5.74) is 0.487. The van der Waals surface area contributed by atoms with Crippen molar-refractivity contribution in [1.29, 1.82) is 0 Å². The van der Waals surface area contributed by atoms with Gasteiger partial charge < -0.3 is 10.4 Å². The van der Waals surface area contributed by atoms with Crippen molar-refractivity contribution in [3.05, 3.63) is 18.0 Å². The zero-order valence-corrected chi connectivity index (χ0v) is 7.69. The van der Waals surface area contributed by atoms with Gasteiger partial charge in [0.1, 0.15) is 5.69 Å². The third-order valence-electron chi connectivity index (χ3n) is 1.61. The Morgan fingerprint density at radius 3 is 3.00 bits per heavy atom. The van der Waals surface area contributed by atoms with Crippen molar-refractivity contribution in [3.8, 4) is 0 Å². The molecule has 5 heteroatoms. The molecular weight excluding hydrogens is 170 g/mol. The number of aryl methyl sites for hydroxylation is 1. The number of aromatic nitrogens is 2. The van der Waals surface area contributed by atoms with Crippen molar-refractivity contribution < 1.29 is 9.90 Å². The monoisotopic (exact) mass is 183 g/mol. The van der Waals surface area contributed by atoms with Crippen molar-refractivity contribution in [1.82, 2.24) is 15.1 Å². The zero-order valence-electron chi connectivity index (χ0n) is 7.69. The Labute approximate surface area is 76.4 Å².